The molecule has 154 valence electrons. The van der Waals surface area contributed by atoms with Crippen molar-refractivity contribution in [2.24, 2.45) is 0 Å². The van der Waals surface area contributed by atoms with E-state index in [9.17, 15) is 4.79 Å². The van der Waals surface area contributed by atoms with Crippen LogP contribution in [0.25, 0.3) is 0 Å². The van der Waals surface area contributed by atoms with Gasteiger partial charge < -0.3 is 10.1 Å². The Balaban J connectivity index is 1.55. The SMILES string of the molecule is Cc1ccc(NC(=S)NC(=O)c2ccc(OCCc3ccccc3)c(Br)c2)c(Br)c1. The van der Waals surface area contributed by atoms with Crippen LogP contribution in [0.15, 0.2) is 75.7 Å². The van der Waals surface area contributed by atoms with E-state index in [1.54, 1.807) is 18.2 Å². The van der Waals surface area contributed by atoms with Crippen molar-refractivity contribution in [1.29, 1.82) is 0 Å². The highest BCUT2D eigenvalue weighted by Crippen LogP contribution is 2.26. The van der Waals surface area contributed by atoms with Crippen LogP contribution in [-0.4, -0.2) is 17.6 Å². The van der Waals surface area contributed by atoms with Gasteiger partial charge in [-0.2, -0.15) is 0 Å². The second kappa shape index (κ2) is 10.7. The molecule has 0 spiro atoms. The van der Waals surface area contributed by atoms with Gasteiger partial charge in [0.2, 0.25) is 0 Å². The Morgan fingerprint density at radius 2 is 1.77 bits per heavy atom. The largest absolute Gasteiger partial charge is 0.492 e. The number of thiocarbonyl (C=S) groups is 1. The van der Waals surface area contributed by atoms with Gasteiger partial charge in [-0.3, -0.25) is 10.1 Å². The number of hydrogen-bond acceptors (Lipinski definition) is 3. The first-order valence-corrected chi connectivity index (χ1v) is 11.3. The molecule has 4 nitrogen and oxygen atoms in total. The molecule has 3 aromatic rings. The molecule has 0 atom stereocenters. The highest BCUT2D eigenvalue weighted by Gasteiger charge is 2.12. The number of benzene rings is 3. The van der Waals surface area contributed by atoms with Gasteiger partial charge in [-0.05, 0) is 92.5 Å². The Morgan fingerprint density at radius 3 is 2.47 bits per heavy atom. The minimum absolute atomic E-state index is 0.226. The topological polar surface area (TPSA) is 50.4 Å². The van der Waals surface area contributed by atoms with Gasteiger partial charge in [0.1, 0.15) is 5.75 Å². The number of aryl methyl sites for hydroxylation is 1. The van der Waals surface area contributed by atoms with E-state index in [-0.39, 0.29) is 11.0 Å². The molecule has 7 heteroatoms. The summed E-state index contributed by atoms with van der Waals surface area (Å²) in [5.74, 6) is 0.388. The lowest BCUT2D eigenvalue weighted by atomic mass is 10.2. The molecule has 0 heterocycles. The number of carbonyl (C=O) groups is 1. The summed E-state index contributed by atoms with van der Waals surface area (Å²) >= 11 is 12.2. The maximum absolute atomic E-state index is 12.5. The van der Waals surface area contributed by atoms with E-state index in [0.29, 0.717) is 22.4 Å². The first-order chi connectivity index (χ1) is 14.4. The molecule has 0 saturated carbocycles. The summed E-state index contributed by atoms with van der Waals surface area (Å²) in [4.78, 5) is 12.5. The van der Waals surface area contributed by atoms with Crippen LogP contribution in [0.3, 0.4) is 0 Å². The Kier molecular flexibility index (Phi) is 8.01. The summed E-state index contributed by atoms with van der Waals surface area (Å²) < 4.78 is 7.42. The third kappa shape index (κ3) is 6.39. The molecule has 0 unspecified atom stereocenters. The van der Waals surface area contributed by atoms with Crippen LogP contribution in [0.5, 0.6) is 5.75 Å². The lowest BCUT2D eigenvalue weighted by Gasteiger charge is -2.13. The zero-order chi connectivity index (χ0) is 21.5. The summed E-state index contributed by atoms with van der Waals surface area (Å²) in [6, 6.07) is 21.2. The van der Waals surface area contributed by atoms with Crippen LogP contribution >= 0.6 is 44.1 Å². The van der Waals surface area contributed by atoms with Crippen LogP contribution < -0.4 is 15.4 Å². The van der Waals surface area contributed by atoms with Gasteiger partial charge in [0, 0.05) is 16.5 Å². The van der Waals surface area contributed by atoms with E-state index >= 15 is 0 Å². The Hall–Kier alpha value is -2.22. The van der Waals surface area contributed by atoms with Crippen molar-refractivity contribution in [1.82, 2.24) is 5.32 Å². The molecule has 0 aliphatic heterocycles. The lowest BCUT2D eigenvalue weighted by Crippen LogP contribution is -2.34. The molecule has 0 aliphatic carbocycles. The van der Waals surface area contributed by atoms with Crippen molar-refractivity contribution in [3.8, 4) is 5.75 Å². The molecule has 1 amide bonds. The number of rotatable bonds is 6. The zero-order valence-electron chi connectivity index (χ0n) is 16.2. The molecule has 0 fully saturated rings. The van der Waals surface area contributed by atoms with Gasteiger partial charge >= 0.3 is 0 Å². The number of carbonyl (C=O) groups excluding carboxylic acids is 1. The molecule has 30 heavy (non-hydrogen) atoms. The Bertz CT molecular complexity index is 1060. The number of ether oxygens (including phenoxy) is 1. The molecule has 2 N–H and O–H groups in total. The summed E-state index contributed by atoms with van der Waals surface area (Å²) in [6.07, 6.45) is 0.810. The van der Waals surface area contributed by atoms with Gasteiger partial charge in [-0.15, -0.1) is 0 Å². The number of hydrogen-bond donors (Lipinski definition) is 2. The molecular formula is C23H20Br2N2O2S. The van der Waals surface area contributed by atoms with Gasteiger partial charge in [0.15, 0.2) is 5.11 Å². The van der Waals surface area contributed by atoms with Gasteiger partial charge in [-0.1, -0.05) is 36.4 Å². The second-order valence-corrected chi connectivity index (χ2v) is 8.74. The highest BCUT2D eigenvalue weighted by molar-refractivity contribution is 9.11. The number of halogens is 2. The minimum Gasteiger partial charge on any atom is -0.492 e. The average Bonchev–Trinajstić information content (AvgIpc) is 2.72. The maximum Gasteiger partial charge on any atom is 0.257 e. The molecule has 3 rings (SSSR count). The fourth-order valence-electron chi connectivity index (χ4n) is 2.73. The lowest BCUT2D eigenvalue weighted by molar-refractivity contribution is 0.0977. The highest BCUT2D eigenvalue weighted by atomic mass is 79.9. The minimum atomic E-state index is -0.299. The third-order valence-corrected chi connectivity index (χ3v) is 5.76. The molecule has 3 aromatic carbocycles. The predicted molar refractivity (Wildman–Crippen MR) is 132 cm³/mol. The number of nitrogens with one attached hydrogen (secondary N) is 2. The second-order valence-electron chi connectivity index (χ2n) is 6.62. The monoisotopic (exact) mass is 546 g/mol. The summed E-state index contributed by atoms with van der Waals surface area (Å²) in [5, 5.41) is 5.95. The number of amides is 1. The fraction of sp³-hybridized carbons (Fsp3) is 0.130. The van der Waals surface area contributed by atoms with Crippen molar-refractivity contribution in [3.63, 3.8) is 0 Å². The molecular weight excluding hydrogens is 528 g/mol. The van der Waals surface area contributed by atoms with Crippen LogP contribution in [0.2, 0.25) is 0 Å². The summed E-state index contributed by atoms with van der Waals surface area (Å²) in [7, 11) is 0. The molecule has 0 radical (unpaired) electrons. The fourth-order valence-corrected chi connectivity index (χ4v) is 4.02. The number of anilines is 1. The van der Waals surface area contributed by atoms with E-state index in [1.165, 1.54) is 5.56 Å². The van der Waals surface area contributed by atoms with Crippen molar-refractivity contribution < 1.29 is 9.53 Å². The van der Waals surface area contributed by atoms with Crippen LogP contribution in [-0.2, 0) is 6.42 Å². The van der Waals surface area contributed by atoms with E-state index in [0.717, 1.165) is 22.1 Å². The first-order valence-electron chi connectivity index (χ1n) is 9.27. The van der Waals surface area contributed by atoms with Gasteiger partial charge in [-0.25, -0.2) is 0 Å². The van der Waals surface area contributed by atoms with Gasteiger partial charge in [0.25, 0.3) is 5.91 Å². The normalized spacial score (nSPS) is 10.4. The predicted octanol–water partition coefficient (Wildman–Crippen LogP) is 6.27. The van der Waals surface area contributed by atoms with E-state index < -0.39 is 0 Å². The van der Waals surface area contributed by atoms with Crippen LogP contribution in [0.1, 0.15) is 21.5 Å². The van der Waals surface area contributed by atoms with Crippen molar-refractivity contribution in [2.75, 3.05) is 11.9 Å². The smallest absolute Gasteiger partial charge is 0.257 e. The Morgan fingerprint density at radius 1 is 1.00 bits per heavy atom. The van der Waals surface area contributed by atoms with Crippen LogP contribution in [0, 0.1) is 6.92 Å². The quantitative estimate of drug-likeness (QED) is 0.357. The molecule has 0 aliphatic rings. The Labute approximate surface area is 198 Å². The molecule has 0 aromatic heterocycles. The standard InChI is InChI=1S/C23H20Br2N2O2S/c1-15-7-9-20(18(24)13-15)26-23(30)27-22(28)17-8-10-21(19(25)14-17)29-12-11-16-5-3-2-4-6-16/h2-10,13-14H,11-12H2,1H3,(H2,26,27,28,30). The van der Waals surface area contributed by atoms with E-state index in [4.69, 9.17) is 17.0 Å². The van der Waals surface area contributed by atoms with Crippen molar-refractivity contribution >= 4 is 60.8 Å². The van der Waals surface area contributed by atoms with E-state index in [2.05, 4.69) is 54.6 Å². The average molecular weight is 548 g/mol. The summed E-state index contributed by atoms with van der Waals surface area (Å²) in [5.41, 5.74) is 3.60. The zero-order valence-corrected chi connectivity index (χ0v) is 20.2. The van der Waals surface area contributed by atoms with Gasteiger partial charge in [0.05, 0.1) is 16.8 Å². The maximum atomic E-state index is 12.5. The first kappa shape index (κ1) is 22.5. The van der Waals surface area contributed by atoms with Crippen molar-refractivity contribution in [3.05, 3.63) is 92.4 Å². The van der Waals surface area contributed by atoms with Crippen molar-refractivity contribution in [2.45, 2.75) is 13.3 Å². The molecule has 0 bridgehead atoms. The molecule has 0 saturated heterocycles. The van der Waals surface area contributed by atoms with E-state index in [1.807, 2.05) is 43.3 Å². The third-order valence-electron chi connectivity index (χ3n) is 4.29. The summed E-state index contributed by atoms with van der Waals surface area (Å²) in [6.45, 7) is 2.55. The van der Waals surface area contributed by atoms with Crippen LogP contribution in [0.4, 0.5) is 5.69 Å².